The van der Waals surface area contributed by atoms with Crippen LogP contribution >= 0.6 is 11.8 Å². The quantitative estimate of drug-likeness (QED) is 0.672. The summed E-state index contributed by atoms with van der Waals surface area (Å²) in [6.07, 6.45) is 2.74. The first-order valence-electron chi connectivity index (χ1n) is 8.21. The number of fused-ring (bicyclic) bond motifs is 1. The zero-order valence-electron chi connectivity index (χ0n) is 13.8. The molecule has 0 saturated carbocycles. The van der Waals surface area contributed by atoms with E-state index in [1.165, 1.54) is 6.33 Å². The van der Waals surface area contributed by atoms with Gasteiger partial charge in [0.1, 0.15) is 18.5 Å². The number of aliphatic hydroxyl groups is 2. The van der Waals surface area contributed by atoms with Gasteiger partial charge in [-0.3, -0.25) is 4.57 Å². The average molecular weight is 367 g/mol. The number of hydrogen-bond acceptors (Lipinski definition) is 9. The molecule has 2 saturated heterocycles. The molecule has 2 fully saturated rings. The third kappa shape index (κ3) is 3.08. The van der Waals surface area contributed by atoms with Gasteiger partial charge >= 0.3 is 0 Å². The van der Waals surface area contributed by atoms with E-state index in [0.717, 1.165) is 13.0 Å². The molecule has 2 aromatic rings. The summed E-state index contributed by atoms with van der Waals surface area (Å²) in [4.78, 5) is 13.0. The van der Waals surface area contributed by atoms with Gasteiger partial charge in [-0.2, -0.15) is 11.8 Å². The van der Waals surface area contributed by atoms with Crippen molar-refractivity contribution in [2.45, 2.75) is 37.0 Å². The first-order chi connectivity index (χ1) is 12.2. The molecule has 0 radical (unpaired) electrons. The largest absolute Gasteiger partial charge is 0.387 e. The van der Waals surface area contributed by atoms with Crippen molar-refractivity contribution in [3.63, 3.8) is 0 Å². The summed E-state index contributed by atoms with van der Waals surface area (Å²) >= 11 is 1.56. The number of imidazole rings is 1. The number of aromatic nitrogens is 4. The highest BCUT2D eigenvalue weighted by Crippen LogP contribution is 2.33. The molecule has 5 atom stereocenters. The maximum atomic E-state index is 10.4. The van der Waals surface area contributed by atoms with Crippen molar-refractivity contribution in [2.75, 3.05) is 30.5 Å². The number of nitrogens with zero attached hydrogens (tertiary/aromatic N) is 4. The lowest BCUT2D eigenvalue weighted by Gasteiger charge is -2.17. The van der Waals surface area contributed by atoms with Crippen LogP contribution in [0.5, 0.6) is 0 Å². The molecule has 2 aliphatic heterocycles. The summed E-state index contributed by atoms with van der Waals surface area (Å²) in [5.41, 5.74) is 1.16. The van der Waals surface area contributed by atoms with Crippen molar-refractivity contribution < 1.29 is 19.7 Å². The van der Waals surface area contributed by atoms with E-state index in [0.29, 0.717) is 29.3 Å². The number of anilines is 1. The minimum atomic E-state index is -1.04. The minimum absolute atomic E-state index is 0.198. The number of ether oxygens (including phenoxy) is 2. The van der Waals surface area contributed by atoms with E-state index < -0.39 is 24.5 Å². The lowest BCUT2D eigenvalue weighted by molar-refractivity contribution is -0.0288. The van der Waals surface area contributed by atoms with Gasteiger partial charge in [0.15, 0.2) is 23.2 Å². The fourth-order valence-corrected chi connectivity index (χ4v) is 3.85. The van der Waals surface area contributed by atoms with Gasteiger partial charge in [0.25, 0.3) is 0 Å². The Bertz CT molecular complexity index is 738. The summed E-state index contributed by atoms with van der Waals surface area (Å²) in [5.74, 6) is 1.23. The van der Waals surface area contributed by atoms with Gasteiger partial charge in [-0.25, -0.2) is 15.0 Å². The molecule has 4 heterocycles. The second-order valence-corrected chi connectivity index (χ2v) is 7.16. The second kappa shape index (κ2) is 7.04. The molecule has 2 aromatic heterocycles. The summed E-state index contributed by atoms with van der Waals surface area (Å²) in [6, 6.07) is 0.198. The van der Waals surface area contributed by atoms with E-state index >= 15 is 0 Å². The molecule has 2 aliphatic rings. The number of thioether (sulfide) groups is 1. The van der Waals surface area contributed by atoms with Gasteiger partial charge in [-0.05, 0) is 12.7 Å². The standard InChI is InChI=1S/C15H21N5O4S/c1-25-5-9-11(21)12(22)15(24-9)20-7-18-10-13(16-6-17-14(10)20)19-8-2-3-23-4-8/h6-9,11-12,15,21-22H,2-5H2,1H3,(H,16,17,19). The molecule has 0 amide bonds. The van der Waals surface area contributed by atoms with Crippen LogP contribution in [0, 0.1) is 0 Å². The zero-order chi connectivity index (χ0) is 17.4. The Hall–Kier alpha value is -1.46. The molecule has 136 valence electrons. The van der Waals surface area contributed by atoms with Crippen LogP contribution in [0.25, 0.3) is 11.2 Å². The van der Waals surface area contributed by atoms with Crippen LogP contribution in [0.3, 0.4) is 0 Å². The van der Waals surface area contributed by atoms with Crippen LogP contribution < -0.4 is 5.32 Å². The minimum Gasteiger partial charge on any atom is -0.387 e. The summed E-state index contributed by atoms with van der Waals surface area (Å²) in [6.45, 7) is 1.37. The maximum Gasteiger partial charge on any atom is 0.167 e. The summed E-state index contributed by atoms with van der Waals surface area (Å²) < 4.78 is 12.9. The molecule has 5 unspecified atom stereocenters. The fraction of sp³-hybridized carbons (Fsp3) is 0.667. The first-order valence-corrected chi connectivity index (χ1v) is 9.60. The Balaban J connectivity index is 1.62. The molecule has 4 rings (SSSR count). The van der Waals surface area contributed by atoms with Crippen molar-refractivity contribution in [3.8, 4) is 0 Å². The third-order valence-corrected chi connectivity index (χ3v) is 5.23. The molecule has 0 aliphatic carbocycles. The first kappa shape index (κ1) is 17.0. The SMILES string of the molecule is CSCC1OC(n2cnc3c(NC4CCOC4)ncnc32)C(O)C1O. The normalized spacial score (nSPS) is 32.5. The van der Waals surface area contributed by atoms with E-state index in [1.807, 2.05) is 6.26 Å². The zero-order valence-corrected chi connectivity index (χ0v) is 14.6. The molecule has 9 nitrogen and oxygen atoms in total. The molecular weight excluding hydrogens is 346 g/mol. The molecule has 0 aromatic carbocycles. The Labute approximate surface area is 148 Å². The smallest absolute Gasteiger partial charge is 0.167 e. The maximum absolute atomic E-state index is 10.4. The highest BCUT2D eigenvalue weighted by atomic mass is 32.2. The summed E-state index contributed by atoms with van der Waals surface area (Å²) in [7, 11) is 0. The van der Waals surface area contributed by atoms with Crippen LogP contribution in [-0.2, 0) is 9.47 Å². The van der Waals surface area contributed by atoms with Gasteiger partial charge in [-0.1, -0.05) is 0 Å². The molecule has 10 heteroatoms. The van der Waals surface area contributed by atoms with Gasteiger partial charge in [0, 0.05) is 12.4 Å². The Morgan fingerprint density at radius 2 is 2.20 bits per heavy atom. The van der Waals surface area contributed by atoms with E-state index in [2.05, 4.69) is 20.3 Å². The van der Waals surface area contributed by atoms with Crippen LogP contribution in [0.2, 0.25) is 0 Å². The lowest BCUT2D eigenvalue weighted by Crippen LogP contribution is -2.32. The molecule has 3 N–H and O–H groups in total. The van der Waals surface area contributed by atoms with Crippen molar-refractivity contribution in [1.29, 1.82) is 0 Å². The number of hydrogen-bond donors (Lipinski definition) is 3. The van der Waals surface area contributed by atoms with Gasteiger partial charge in [-0.15, -0.1) is 0 Å². The molecule has 25 heavy (non-hydrogen) atoms. The van der Waals surface area contributed by atoms with Crippen LogP contribution in [-0.4, -0.2) is 79.3 Å². The molecule has 0 spiro atoms. The van der Waals surface area contributed by atoms with E-state index in [9.17, 15) is 10.2 Å². The van der Waals surface area contributed by atoms with Crippen LogP contribution in [0.15, 0.2) is 12.7 Å². The highest BCUT2D eigenvalue weighted by molar-refractivity contribution is 7.98. The molecular formula is C15H21N5O4S. The Morgan fingerprint density at radius 1 is 1.32 bits per heavy atom. The van der Waals surface area contributed by atoms with Crippen molar-refractivity contribution in [3.05, 3.63) is 12.7 Å². The average Bonchev–Trinajstić information content (AvgIpc) is 3.32. The molecule has 0 bridgehead atoms. The van der Waals surface area contributed by atoms with Gasteiger partial charge < -0.3 is 25.0 Å². The van der Waals surface area contributed by atoms with Crippen LogP contribution in [0.1, 0.15) is 12.6 Å². The van der Waals surface area contributed by atoms with E-state index in [1.54, 1.807) is 22.7 Å². The van der Waals surface area contributed by atoms with Gasteiger partial charge in [0.2, 0.25) is 0 Å². The number of nitrogens with one attached hydrogen (secondary N) is 1. The number of rotatable bonds is 5. The van der Waals surface area contributed by atoms with Crippen LogP contribution in [0.4, 0.5) is 5.82 Å². The topological polar surface area (TPSA) is 115 Å². The predicted octanol–water partition coefficient (Wildman–Crippen LogP) is 0.00930. The summed E-state index contributed by atoms with van der Waals surface area (Å²) in [5, 5.41) is 23.9. The highest BCUT2D eigenvalue weighted by Gasteiger charge is 2.44. The monoisotopic (exact) mass is 367 g/mol. The predicted molar refractivity (Wildman–Crippen MR) is 92.5 cm³/mol. The fourth-order valence-electron chi connectivity index (χ4n) is 3.25. The van der Waals surface area contributed by atoms with Crippen molar-refractivity contribution >= 4 is 28.7 Å². The van der Waals surface area contributed by atoms with E-state index in [-0.39, 0.29) is 6.04 Å². The van der Waals surface area contributed by atoms with Gasteiger partial charge in [0.05, 0.1) is 25.1 Å². The number of aliphatic hydroxyl groups excluding tert-OH is 2. The van der Waals surface area contributed by atoms with E-state index in [4.69, 9.17) is 9.47 Å². The Morgan fingerprint density at radius 3 is 2.96 bits per heavy atom. The second-order valence-electron chi connectivity index (χ2n) is 6.25. The van der Waals surface area contributed by atoms with Crippen molar-refractivity contribution in [1.82, 2.24) is 19.5 Å². The third-order valence-electron chi connectivity index (χ3n) is 4.57. The Kier molecular flexibility index (Phi) is 4.78. The lowest BCUT2D eigenvalue weighted by atomic mass is 10.1. The van der Waals surface area contributed by atoms with Crippen molar-refractivity contribution in [2.24, 2.45) is 0 Å².